The van der Waals surface area contributed by atoms with E-state index in [0.717, 1.165) is 12.3 Å². The number of nitrogens with zero attached hydrogens (tertiary/aromatic N) is 2. The van der Waals surface area contributed by atoms with Gasteiger partial charge in [-0.3, -0.25) is 9.59 Å². The fourth-order valence-corrected chi connectivity index (χ4v) is 2.71. The molecule has 10 heteroatoms. The highest BCUT2D eigenvalue weighted by atomic mass is 32.1. The van der Waals surface area contributed by atoms with Crippen LogP contribution in [0.25, 0.3) is 0 Å². The molecule has 0 unspecified atom stereocenters. The summed E-state index contributed by atoms with van der Waals surface area (Å²) in [6, 6.07) is 5.59. The zero-order chi connectivity index (χ0) is 19.2. The Bertz CT molecular complexity index is 733. The van der Waals surface area contributed by atoms with Crippen LogP contribution in [0, 0.1) is 0 Å². The van der Waals surface area contributed by atoms with Crippen molar-refractivity contribution in [2.75, 3.05) is 32.0 Å². The van der Waals surface area contributed by atoms with Gasteiger partial charge in [0.25, 0.3) is 5.91 Å². The van der Waals surface area contributed by atoms with Crippen LogP contribution >= 0.6 is 11.3 Å². The molecule has 0 aliphatic rings. The van der Waals surface area contributed by atoms with E-state index in [1.54, 1.807) is 17.5 Å². The molecule has 0 saturated carbocycles. The van der Waals surface area contributed by atoms with E-state index in [0.29, 0.717) is 4.88 Å². The molecule has 0 spiro atoms. The van der Waals surface area contributed by atoms with Gasteiger partial charge in [-0.2, -0.15) is 13.2 Å². The number of carbonyl (C=O) groups excluding carboxylic acids is 2. The van der Waals surface area contributed by atoms with Gasteiger partial charge < -0.3 is 15.5 Å². The normalized spacial score (nSPS) is 11.1. The summed E-state index contributed by atoms with van der Waals surface area (Å²) in [7, 11) is 1.53. The summed E-state index contributed by atoms with van der Waals surface area (Å²) in [6.07, 6.45) is -3.68. The summed E-state index contributed by atoms with van der Waals surface area (Å²) in [5.74, 6) is -0.293. The lowest BCUT2D eigenvalue weighted by Crippen LogP contribution is -2.39. The van der Waals surface area contributed by atoms with E-state index in [-0.39, 0.29) is 37.3 Å². The van der Waals surface area contributed by atoms with Crippen LogP contribution in [-0.4, -0.2) is 48.4 Å². The molecule has 0 radical (unpaired) electrons. The second-order valence-electron chi connectivity index (χ2n) is 5.35. The Hall–Kier alpha value is -2.62. The van der Waals surface area contributed by atoms with Gasteiger partial charge >= 0.3 is 6.18 Å². The minimum Gasteiger partial charge on any atom is -0.368 e. The molecule has 2 heterocycles. The summed E-state index contributed by atoms with van der Waals surface area (Å²) in [4.78, 5) is 29.4. The molecule has 2 amide bonds. The van der Waals surface area contributed by atoms with Crippen molar-refractivity contribution in [3.05, 3.63) is 46.3 Å². The van der Waals surface area contributed by atoms with Gasteiger partial charge in [0.1, 0.15) is 5.82 Å². The summed E-state index contributed by atoms with van der Waals surface area (Å²) in [5.41, 5.74) is -0.824. The van der Waals surface area contributed by atoms with E-state index in [2.05, 4.69) is 15.6 Å². The number of nitrogens with one attached hydrogen (secondary N) is 2. The van der Waals surface area contributed by atoms with Crippen LogP contribution in [0.2, 0.25) is 0 Å². The molecule has 0 aliphatic carbocycles. The molecule has 0 saturated heterocycles. The highest BCUT2D eigenvalue weighted by molar-refractivity contribution is 7.12. The van der Waals surface area contributed by atoms with E-state index >= 15 is 0 Å². The van der Waals surface area contributed by atoms with Crippen LogP contribution in [0.15, 0.2) is 35.8 Å². The molecule has 2 aromatic rings. The minimum atomic E-state index is -4.42. The van der Waals surface area contributed by atoms with Gasteiger partial charge in [0.15, 0.2) is 0 Å². The number of pyridine rings is 1. The van der Waals surface area contributed by atoms with Crippen molar-refractivity contribution < 1.29 is 22.8 Å². The molecule has 0 bridgehead atoms. The van der Waals surface area contributed by atoms with Gasteiger partial charge in [0.05, 0.1) is 17.0 Å². The highest BCUT2D eigenvalue weighted by Crippen LogP contribution is 2.28. The van der Waals surface area contributed by atoms with Gasteiger partial charge in [-0.05, 0) is 23.6 Å². The largest absolute Gasteiger partial charge is 0.417 e. The minimum absolute atomic E-state index is 0.0880. The molecule has 6 nitrogen and oxygen atoms in total. The Labute approximate surface area is 152 Å². The molecule has 2 aromatic heterocycles. The molecule has 0 fully saturated rings. The third kappa shape index (κ3) is 5.73. The first-order chi connectivity index (χ1) is 12.3. The maximum absolute atomic E-state index is 12.4. The number of carbonyl (C=O) groups is 2. The molecular formula is C16H17F3N4O2S. The van der Waals surface area contributed by atoms with Gasteiger partial charge in [0.2, 0.25) is 5.91 Å². The third-order valence-corrected chi connectivity index (χ3v) is 4.16. The Morgan fingerprint density at radius 3 is 2.58 bits per heavy atom. The number of hydrogen-bond acceptors (Lipinski definition) is 5. The smallest absolute Gasteiger partial charge is 0.368 e. The van der Waals surface area contributed by atoms with E-state index in [4.69, 9.17) is 0 Å². The van der Waals surface area contributed by atoms with Crippen molar-refractivity contribution in [3.8, 4) is 0 Å². The predicted molar refractivity (Wildman–Crippen MR) is 92.0 cm³/mol. The number of anilines is 1. The van der Waals surface area contributed by atoms with Gasteiger partial charge in [-0.15, -0.1) is 11.3 Å². The number of likely N-dealkylation sites (N-methyl/N-ethyl adjacent to an activating group) is 1. The van der Waals surface area contributed by atoms with Gasteiger partial charge in [-0.25, -0.2) is 4.98 Å². The molecule has 0 aromatic carbocycles. The van der Waals surface area contributed by atoms with Crippen molar-refractivity contribution in [3.63, 3.8) is 0 Å². The van der Waals surface area contributed by atoms with Crippen LogP contribution in [0.3, 0.4) is 0 Å². The molecule has 0 atom stereocenters. The second-order valence-corrected chi connectivity index (χ2v) is 6.29. The number of alkyl halides is 3. The summed E-state index contributed by atoms with van der Waals surface area (Å²) < 4.78 is 37.3. The predicted octanol–water partition coefficient (Wildman–Crippen LogP) is 2.46. The maximum Gasteiger partial charge on any atom is 0.417 e. The quantitative estimate of drug-likeness (QED) is 0.717. The number of rotatable bonds is 7. The molecular weight excluding hydrogens is 369 g/mol. The van der Waals surface area contributed by atoms with Crippen molar-refractivity contribution in [2.45, 2.75) is 6.18 Å². The fourth-order valence-electron chi connectivity index (χ4n) is 1.99. The van der Waals surface area contributed by atoms with E-state index in [1.165, 1.54) is 29.4 Å². The van der Waals surface area contributed by atoms with E-state index in [9.17, 15) is 22.8 Å². The Balaban J connectivity index is 1.69. The zero-order valence-electron chi connectivity index (χ0n) is 13.8. The molecule has 140 valence electrons. The highest BCUT2D eigenvalue weighted by Gasteiger charge is 2.30. The number of hydrogen-bond donors (Lipinski definition) is 2. The first-order valence-electron chi connectivity index (χ1n) is 7.60. The molecule has 0 aliphatic heterocycles. The Morgan fingerprint density at radius 2 is 2.00 bits per heavy atom. The number of amides is 2. The number of thiophene rings is 1. The van der Waals surface area contributed by atoms with Crippen LogP contribution in [0.4, 0.5) is 19.0 Å². The summed E-state index contributed by atoms with van der Waals surface area (Å²) in [6.45, 7) is 0.435. The van der Waals surface area contributed by atoms with Crippen molar-refractivity contribution in [2.24, 2.45) is 0 Å². The van der Waals surface area contributed by atoms with Crippen LogP contribution in [0.1, 0.15) is 15.2 Å². The monoisotopic (exact) mass is 386 g/mol. The topological polar surface area (TPSA) is 74.3 Å². The summed E-state index contributed by atoms with van der Waals surface area (Å²) >= 11 is 1.30. The fraction of sp³-hybridized carbons (Fsp3) is 0.312. The van der Waals surface area contributed by atoms with Crippen LogP contribution in [0.5, 0.6) is 0 Å². The summed E-state index contributed by atoms with van der Waals surface area (Å²) in [5, 5.41) is 7.20. The average Bonchev–Trinajstić information content (AvgIpc) is 3.12. The molecule has 2 rings (SSSR count). The van der Waals surface area contributed by atoms with Crippen molar-refractivity contribution >= 4 is 29.0 Å². The van der Waals surface area contributed by atoms with E-state index in [1.807, 2.05) is 0 Å². The number of halogens is 3. The lowest BCUT2D eigenvalue weighted by molar-refractivity contribution is -0.137. The zero-order valence-corrected chi connectivity index (χ0v) is 14.7. The second kappa shape index (κ2) is 8.65. The average molecular weight is 386 g/mol. The van der Waals surface area contributed by atoms with Crippen LogP contribution < -0.4 is 10.6 Å². The lowest BCUT2D eigenvalue weighted by Gasteiger charge is -2.16. The SMILES string of the molecule is CN(CC(=O)NCCNc1ccc(C(F)(F)F)cn1)C(=O)c1cccs1. The van der Waals surface area contributed by atoms with Gasteiger partial charge in [-0.1, -0.05) is 6.07 Å². The first-order valence-corrected chi connectivity index (χ1v) is 8.48. The van der Waals surface area contributed by atoms with E-state index < -0.39 is 11.7 Å². The number of aromatic nitrogens is 1. The third-order valence-electron chi connectivity index (χ3n) is 3.30. The van der Waals surface area contributed by atoms with Crippen molar-refractivity contribution in [1.82, 2.24) is 15.2 Å². The standard InChI is InChI=1S/C16H17F3N4O2S/c1-23(15(25)12-3-2-8-26-12)10-14(24)21-7-6-20-13-5-4-11(9-22-13)16(17,18)19/h2-5,8-9H,6-7,10H2,1H3,(H,20,22)(H,21,24). The lowest BCUT2D eigenvalue weighted by atomic mass is 10.3. The van der Waals surface area contributed by atoms with Crippen LogP contribution in [-0.2, 0) is 11.0 Å². The Morgan fingerprint density at radius 1 is 1.23 bits per heavy atom. The van der Waals surface area contributed by atoms with Gasteiger partial charge in [0, 0.05) is 26.3 Å². The Kier molecular flexibility index (Phi) is 6.56. The first kappa shape index (κ1) is 19.7. The maximum atomic E-state index is 12.4. The molecule has 2 N–H and O–H groups in total. The molecule has 26 heavy (non-hydrogen) atoms. The van der Waals surface area contributed by atoms with Crippen molar-refractivity contribution in [1.29, 1.82) is 0 Å².